The molecule has 92 valence electrons. The van der Waals surface area contributed by atoms with E-state index in [0.717, 1.165) is 6.42 Å². The molecule has 0 radical (unpaired) electrons. The molecule has 0 aromatic rings. The van der Waals surface area contributed by atoms with E-state index in [2.05, 4.69) is 6.07 Å². The van der Waals surface area contributed by atoms with Crippen LogP contribution in [-0.4, -0.2) is 29.3 Å². The van der Waals surface area contributed by atoms with Gasteiger partial charge < -0.3 is 10.6 Å². The smallest absolute Gasteiger partial charge is 0.243 e. The highest BCUT2D eigenvalue weighted by Crippen LogP contribution is 2.47. The number of carbonyl (C=O) groups excluding carboxylic acids is 2. The van der Waals surface area contributed by atoms with Crippen molar-refractivity contribution in [1.29, 1.82) is 5.26 Å². The van der Waals surface area contributed by atoms with Crippen molar-refractivity contribution in [3.63, 3.8) is 0 Å². The van der Waals surface area contributed by atoms with Crippen LogP contribution in [0.15, 0.2) is 0 Å². The van der Waals surface area contributed by atoms with Crippen molar-refractivity contribution in [3.8, 4) is 6.07 Å². The normalized spacial score (nSPS) is 36.1. The Morgan fingerprint density at radius 3 is 2.59 bits per heavy atom. The van der Waals surface area contributed by atoms with Gasteiger partial charge in [-0.15, -0.1) is 0 Å². The zero-order valence-electron chi connectivity index (χ0n) is 9.98. The topological polar surface area (TPSA) is 87.2 Å². The number of nitrogens with two attached hydrogens (primary N) is 1. The number of rotatable bonds is 2. The summed E-state index contributed by atoms with van der Waals surface area (Å²) in [5, 5.41) is 9.20. The highest BCUT2D eigenvalue weighted by Gasteiger charge is 2.52. The first kappa shape index (κ1) is 11.9. The summed E-state index contributed by atoms with van der Waals surface area (Å²) < 4.78 is 0. The largest absolute Gasteiger partial charge is 0.368 e. The van der Waals surface area contributed by atoms with Crippen LogP contribution in [0, 0.1) is 22.7 Å². The molecule has 0 spiro atoms. The molecule has 1 aliphatic carbocycles. The summed E-state index contributed by atoms with van der Waals surface area (Å²) in [6.45, 7) is 2.57. The number of hydrogen-bond donors (Lipinski definition) is 1. The third kappa shape index (κ3) is 1.78. The van der Waals surface area contributed by atoms with E-state index in [9.17, 15) is 14.9 Å². The van der Waals surface area contributed by atoms with Crippen LogP contribution in [-0.2, 0) is 9.59 Å². The maximum Gasteiger partial charge on any atom is 0.243 e. The van der Waals surface area contributed by atoms with Crippen molar-refractivity contribution in [2.45, 2.75) is 38.6 Å². The Kier molecular flexibility index (Phi) is 2.82. The summed E-state index contributed by atoms with van der Waals surface area (Å²) in [7, 11) is 0. The Hall–Kier alpha value is -1.57. The fourth-order valence-corrected chi connectivity index (χ4v) is 3.02. The molecule has 5 nitrogen and oxygen atoms in total. The van der Waals surface area contributed by atoms with Crippen LogP contribution in [0.25, 0.3) is 0 Å². The zero-order chi connectivity index (χ0) is 12.6. The number of primary amides is 1. The summed E-state index contributed by atoms with van der Waals surface area (Å²) in [6, 6.07) is 1.63. The van der Waals surface area contributed by atoms with Gasteiger partial charge >= 0.3 is 0 Å². The molecule has 2 N–H and O–H groups in total. The van der Waals surface area contributed by atoms with E-state index < -0.39 is 17.4 Å². The Balaban J connectivity index is 2.15. The second-order valence-electron chi connectivity index (χ2n) is 5.27. The van der Waals surface area contributed by atoms with Crippen LogP contribution < -0.4 is 5.73 Å². The summed E-state index contributed by atoms with van der Waals surface area (Å²) in [5.41, 5.74) is 4.39. The van der Waals surface area contributed by atoms with Crippen LogP contribution in [0.2, 0.25) is 0 Å². The van der Waals surface area contributed by atoms with Crippen molar-refractivity contribution in [1.82, 2.24) is 4.90 Å². The van der Waals surface area contributed by atoms with E-state index in [1.54, 1.807) is 0 Å². The van der Waals surface area contributed by atoms with Crippen LogP contribution in [0.5, 0.6) is 0 Å². The average molecular weight is 235 g/mol. The summed E-state index contributed by atoms with van der Waals surface area (Å²) in [6.07, 6.45) is 2.61. The van der Waals surface area contributed by atoms with Crippen molar-refractivity contribution >= 4 is 11.8 Å². The highest BCUT2D eigenvalue weighted by molar-refractivity contribution is 5.92. The fourth-order valence-electron chi connectivity index (χ4n) is 3.02. The van der Waals surface area contributed by atoms with Crippen molar-refractivity contribution in [2.75, 3.05) is 6.54 Å². The van der Waals surface area contributed by atoms with E-state index in [4.69, 9.17) is 5.73 Å². The van der Waals surface area contributed by atoms with E-state index in [1.807, 2.05) is 6.92 Å². The van der Waals surface area contributed by atoms with E-state index >= 15 is 0 Å². The molecule has 1 unspecified atom stereocenters. The van der Waals surface area contributed by atoms with E-state index in [1.165, 1.54) is 4.90 Å². The maximum absolute atomic E-state index is 12.3. The SMILES string of the molecule is CC1CC(C#N)(C(=O)N2CCCC2C(N)=O)C1. The molecule has 2 aliphatic rings. The zero-order valence-corrected chi connectivity index (χ0v) is 9.98. The summed E-state index contributed by atoms with van der Waals surface area (Å²) in [5.74, 6) is -0.246. The molecule has 1 saturated carbocycles. The van der Waals surface area contributed by atoms with Gasteiger partial charge in [-0.1, -0.05) is 6.92 Å². The molecule has 1 heterocycles. The molecule has 2 amide bonds. The molecule has 17 heavy (non-hydrogen) atoms. The quantitative estimate of drug-likeness (QED) is 0.751. The third-order valence-electron chi connectivity index (χ3n) is 3.86. The van der Waals surface area contributed by atoms with Crippen molar-refractivity contribution < 1.29 is 9.59 Å². The Labute approximate surface area is 101 Å². The lowest BCUT2D eigenvalue weighted by atomic mass is 9.62. The standard InChI is InChI=1S/C12H17N3O2/c1-8-5-12(6-8,7-13)11(17)15-4-2-3-9(15)10(14)16/h8-9H,2-6H2,1H3,(H2,14,16). The first-order chi connectivity index (χ1) is 8.00. The fraction of sp³-hybridized carbons (Fsp3) is 0.750. The van der Waals surface area contributed by atoms with Gasteiger partial charge in [0.25, 0.3) is 0 Å². The predicted octanol–water partition coefficient (Wildman–Crippen LogP) is 0.403. The van der Waals surface area contributed by atoms with Crippen LogP contribution in [0.3, 0.4) is 0 Å². The molecule has 5 heteroatoms. The second kappa shape index (κ2) is 4.02. The van der Waals surface area contributed by atoms with E-state index in [0.29, 0.717) is 31.7 Å². The van der Waals surface area contributed by atoms with Gasteiger partial charge in [-0.3, -0.25) is 9.59 Å². The van der Waals surface area contributed by atoms with Gasteiger partial charge in [-0.2, -0.15) is 5.26 Å². The number of amides is 2. The van der Waals surface area contributed by atoms with E-state index in [-0.39, 0.29) is 5.91 Å². The van der Waals surface area contributed by atoms with Gasteiger partial charge in [0, 0.05) is 6.54 Å². The monoisotopic (exact) mass is 235 g/mol. The number of nitrogens with zero attached hydrogens (tertiary/aromatic N) is 2. The summed E-state index contributed by atoms with van der Waals surface area (Å²) in [4.78, 5) is 25.1. The molecule has 2 fully saturated rings. The number of likely N-dealkylation sites (tertiary alicyclic amines) is 1. The summed E-state index contributed by atoms with van der Waals surface area (Å²) >= 11 is 0. The van der Waals surface area contributed by atoms with Crippen LogP contribution >= 0.6 is 0 Å². The number of nitriles is 1. The molecule has 1 aliphatic heterocycles. The minimum Gasteiger partial charge on any atom is -0.368 e. The molecule has 0 aromatic heterocycles. The average Bonchev–Trinajstić information content (AvgIpc) is 2.72. The van der Waals surface area contributed by atoms with Crippen LogP contribution in [0.4, 0.5) is 0 Å². The highest BCUT2D eigenvalue weighted by atomic mass is 16.2. The van der Waals surface area contributed by atoms with Crippen molar-refractivity contribution in [3.05, 3.63) is 0 Å². The van der Waals surface area contributed by atoms with Gasteiger partial charge in [0.05, 0.1) is 6.07 Å². The van der Waals surface area contributed by atoms with Crippen molar-refractivity contribution in [2.24, 2.45) is 17.1 Å². The number of carbonyl (C=O) groups is 2. The molecule has 1 atom stereocenters. The molecule has 2 rings (SSSR count). The van der Waals surface area contributed by atoms with Gasteiger partial charge in [0.1, 0.15) is 11.5 Å². The lowest BCUT2D eigenvalue weighted by Crippen LogP contribution is -2.53. The molecule has 0 bridgehead atoms. The Morgan fingerprint density at radius 2 is 2.12 bits per heavy atom. The molecular formula is C12H17N3O2. The molecule has 0 aromatic carbocycles. The minimum absolute atomic E-state index is 0.195. The second-order valence-corrected chi connectivity index (χ2v) is 5.27. The van der Waals surface area contributed by atoms with Gasteiger partial charge in [0.15, 0.2) is 0 Å². The first-order valence-electron chi connectivity index (χ1n) is 6.02. The van der Waals surface area contributed by atoms with Gasteiger partial charge in [0.2, 0.25) is 11.8 Å². The van der Waals surface area contributed by atoms with Gasteiger partial charge in [-0.25, -0.2) is 0 Å². The Morgan fingerprint density at radius 1 is 1.47 bits per heavy atom. The first-order valence-corrected chi connectivity index (χ1v) is 6.02. The van der Waals surface area contributed by atoms with Gasteiger partial charge in [-0.05, 0) is 31.6 Å². The maximum atomic E-state index is 12.3. The molecule has 1 saturated heterocycles. The van der Waals surface area contributed by atoms with Crippen LogP contribution in [0.1, 0.15) is 32.6 Å². The predicted molar refractivity (Wildman–Crippen MR) is 60.4 cm³/mol. The lowest BCUT2D eigenvalue weighted by Gasteiger charge is -2.42. The lowest BCUT2D eigenvalue weighted by molar-refractivity contribution is -0.149. The number of hydrogen-bond acceptors (Lipinski definition) is 3. The third-order valence-corrected chi connectivity index (χ3v) is 3.86. The molecular weight excluding hydrogens is 218 g/mol. The Bertz CT molecular complexity index is 393. The minimum atomic E-state index is -0.891.